The van der Waals surface area contributed by atoms with Gasteiger partial charge in [-0.2, -0.15) is 0 Å². The molecule has 0 saturated carbocycles. The highest BCUT2D eigenvalue weighted by Crippen LogP contribution is 2.33. The number of fused-ring (bicyclic) bond motifs is 6. The molecule has 2 heterocycles. The Bertz CT molecular complexity index is 1520. The van der Waals surface area contributed by atoms with Crippen LogP contribution in [0.5, 0.6) is 0 Å². The molecule has 0 aliphatic heterocycles. The number of aromatic nitrogens is 2. The van der Waals surface area contributed by atoms with E-state index in [9.17, 15) is 0 Å². The molecule has 0 bridgehead atoms. The van der Waals surface area contributed by atoms with E-state index in [-0.39, 0.29) is 0 Å². The standard InChI is InChI=1S/C26H18N2/c1-17-26-16-20-15-19(22-10-6-8-18-7-2-3-9-21(18)22)13-14-24(20)28(26)25-12-5-4-11-23(25)27-17/h2-16H,1H3. The highest BCUT2D eigenvalue weighted by atomic mass is 14.9. The Morgan fingerprint density at radius 3 is 2.43 bits per heavy atom. The molecule has 2 nitrogen and oxygen atoms in total. The van der Waals surface area contributed by atoms with E-state index < -0.39 is 0 Å². The summed E-state index contributed by atoms with van der Waals surface area (Å²) in [6, 6.07) is 32.5. The molecule has 6 aromatic rings. The SMILES string of the molecule is Cc1nc2ccccc2n2c1cc1cc(-c3cccc4ccccc34)ccc12. The lowest BCUT2D eigenvalue weighted by Crippen LogP contribution is -1.94. The first kappa shape index (κ1) is 15.4. The zero-order valence-corrected chi connectivity index (χ0v) is 15.6. The number of aryl methyl sites for hydroxylation is 1. The van der Waals surface area contributed by atoms with Gasteiger partial charge in [0, 0.05) is 5.39 Å². The van der Waals surface area contributed by atoms with Crippen molar-refractivity contribution in [2.24, 2.45) is 0 Å². The second-order valence-electron chi connectivity index (χ2n) is 7.35. The molecule has 28 heavy (non-hydrogen) atoms. The molecule has 0 radical (unpaired) electrons. The maximum Gasteiger partial charge on any atom is 0.0874 e. The average molecular weight is 358 g/mol. The van der Waals surface area contributed by atoms with E-state index in [1.165, 1.54) is 38.3 Å². The first-order chi connectivity index (χ1) is 13.8. The monoisotopic (exact) mass is 358 g/mol. The first-order valence-corrected chi connectivity index (χ1v) is 9.58. The lowest BCUT2D eigenvalue weighted by molar-refractivity contribution is 1.19. The number of para-hydroxylation sites is 2. The van der Waals surface area contributed by atoms with E-state index in [4.69, 9.17) is 4.98 Å². The molecule has 0 unspecified atom stereocenters. The summed E-state index contributed by atoms with van der Waals surface area (Å²) in [5, 5.41) is 3.80. The predicted molar refractivity (Wildman–Crippen MR) is 118 cm³/mol. The van der Waals surface area contributed by atoms with Gasteiger partial charge in [0.25, 0.3) is 0 Å². The minimum atomic E-state index is 1.03. The fourth-order valence-corrected chi connectivity index (χ4v) is 4.37. The Kier molecular flexibility index (Phi) is 3.12. The Hall–Kier alpha value is -3.65. The van der Waals surface area contributed by atoms with Gasteiger partial charge in [-0.1, -0.05) is 60.7 Å². The van der Waals surface area contributed by atoms with Crippen molar-refractivity contribution in [3.8, 4) is 11.1 Å². The van der Waals surface area contributed by atoms with Crippen molar-refractivity contribution < 1.29 is 0 Å². The van der Waals surface area contributed by atoms with Crippen molar-refractivity contribution in [1.82, 2.24) is 9.38 Å². The molecule has 2 heteroatoms. The molecule has 4 aromatic carbocycles. The summed E-state index contributed by atoms with van der Waals surface area (Å²) in [5.41, 5.74) is 8.15. The van der Waals surface area contributed by atoms with Gasteiger partial charge in [0.05, 0.1) is 27.8 Å². The number of rotatable bonds is 1. The van der Waals surface area contributed by atoms with Gasteiger partial charge in [-0.15, -0.1) is 0 Å². The molecular formula is C26H18N2. The smallest absolute Gasteiger partial charge is 0.0874 e. The van der Waals surface area contributed by atoms with Crippen molar-refractivity contribution >= 4 is 38.2 Å². The Morgan fingerprint density at radius 2 is 1.46 bits per heavy atom. The summed E-state index contributed by atoms with van der Waals surface area (Å²) >= 11 is 0. The van der Waals surface area contributed by atoms with E-state index in [0.717, 1.165) is 16.7 Å². The minimum Gasteiger partial charge on any atom is -0.306 e. The number of nitrogens with zero attached hydrogens (tertiary/aromatic N) is 2. The second kappa shape index (κ2) is 5.67. The van der Waals surface area contributed by atoms with Gasteiger partial charge in [0.15, 0.2) is 0 Å². The van der Waals surface area contributed by atoms with Crippen LogP contribution in [0.25, 0.3) is 49.4 Å². The third-order valence-corrected chi connectivity index (χ3v) is 5.68. The topological polar surface area (TPSA) is 17.3 Å². The number of hydrogen-bond acceptors (Lipinski definition) is 1. The first-order valence-electron chi connectivity index (χ1n) is 9.58. The van der Waals surface area contributed by atoms with Gasteiger partial charge in [-0.05, 0) is 59.2 Å². The van der Waals surface area contributed by atoms with Crippen molar-refractivity contribution in [1.29, 1.82) is 0 Å². The highest BCUT2D eigenvalue weighted by Gasteiger charge is 2.11. The van der Waals surface area contributed by atoms with E-state index in [1.54, 1.807) is 0 Å². The predicted octanol–water partition coefficient (Wildman–Crippen LogP) is 6.77. The fourth-order valence-electron chi connectivity index (χ4n) is 4.37. The zero-order chi connectivity index (χ0) is 18.7. The van der Waals surface area contributed by atoms with E-state index in [0.29, 0.717) is 0 Å². The van der Waals surface area contributed by atoms with Gasteiger partial charge in [0.2, 0.25) is 0 Å². The summed E-state index contributed by atoms with van der Waals surface area (Å²) < 4.78 is 2.33. The maximum absolute atomic E-state index is 4.80. The molecule has 0 aliphatic rings. The summed E-state index contributed by atoms with van der Waals surface area (Å²) in [5.74, 6) is 0. The second-order valence-corrected chi connectivity index (χ2v) is 7.35. The average Bonchev–Trinajstić information content (AvgIpc) is 3.13. The Balaban J connectivity index is 1.69. The highest BCUT2D eigenvalue weighted by molar-refractivity contribution is 6.00. The lowest BCUT2D eigenvalue weighted by atomic mass is 9.97. The van der Waals surface area contributed by atoms with Crippen LogP contribution in [0.2, 0.25) is 0 Å². The fraction of sp³-hybridized carbons (Fsp3) is 0.0385. The maximum atomic E-state index is 4.80. The number of benzene rings is 4. The Morgan fingerprint density at radius 1 is 0.643 bits per heavy atom. The molecule has 132 valence electrons. The van der Waals surface area contributed by atoms with E-state index in [1.807, 2.05) is 6.07 Å². The zero-order valence-electron chi connectivity index (χ0n) is 15.6. The van der Waals surface area contributed by atoms with Gasteiger partial charge < -0.3 is 4.40 Å². The molecule has 0 spiro atoms. The molecule has 0 N–H and O–H groups in total. The van der Waals surface area contributed by atoms with Crippen LogP contribution in [0.15, 0.2) is 91.0 Å². The van der Waals surface area contributed by atoms with Crippen LogP contribution in [0, 0.1) is 6.92 Å². The minimum absolute atomic E-state index is 1.03. The third kappa shape index (κ3) is 2.12. The molecule has 2 aromatic heterocycles. The number of hydrogen-bond donors (Lipinski definition) is 0. The molecule has 0 fully saturated rings. The van der Waals surface area contributed by atoms with Gasteiger partial charge in [0.1, 0.15) is 0 Å². The summed E-state index contributed by atoms with van der Waals surface area (Å²) in [4.78, 5) is 4.80. The molecule has 0 atom stereocenters. The van der Waals surface area contributed by atoms with Crippen LogP contribution < -0.4 is 0 Å². The molecule has 0 amide bonds. The molecule has 6 rings (SSSR count). The van der Waals surface area contributed by atoms with Crippen LogP contribution in [0.1, 0.15) is 5.69 Å². The van der Waals surface area contributed by atoms with Crippen LogP contribution in [-0.4, -0.2) is 9.38 Å². The molecule has 0 aliphatic carbocycles. The van der Waals surface area contributed by atoms with Crippen LogP contribution in [0.4, 0.5) is 0 Å². The van der Waals surface area contributed by atoms with Crippen LogP contribution in [0.3, 0.4) is 0 Å². The van der Waals surface area contributed by atoms with Gasteiger partial charge >= 0.3 is 0 Å². The summed E-state index contributed by atoms with van der Waals surface area (Å²) in [6.45, 7) is 2.09. The van der Waals surface area contributed by atoms with Crippen molar-refractivity contribution in [3.63, 3.8) is 0 Å². The van der Waals surface area contributed by atoms with Crippen LogP contribution in [-0.2, 0) is 0 Å². The summed E-state index contributed by atoms with van der Waals surface area (Å²) in [7, 11) is 0. The quantitative estimate of drug-likeness (QED) is 0.317. The van der Waals surface area contributed by atoms with Crippen molar-refractivity contribution in [2.45, 2.75) is 6.92 Å². The Labute approximate surface area is 162 Å². The van der Waals surface area contributed by atoms with Gasteiger partial charge in [-0.25, -0.2) is 4.98 Å². The molecule has 0 saturated heterocycles. The van der Waals surface area contributed by atoms with Crippen LogP contribution >= 0.6 is 0 Å². The third-order valence-electron chi connectivity index (χ3n) is 5.68. The largest absolute Gasteiger partial charge is 0.306 e. The summed E-state index contributed by atoms with van der Waals surface area (Å²) in [6.07, 6.45) is 0. The van der Waals surface area contributed by atoms with Crippen molar-refractivity contribution in [2.75, 3.05) is 0 Å². The molecular weight excluding hydrogens is 340 g/mol. The van der Waals surface area contributed by atoms with Gasteiger partial charge in [-0.3, -0.25) is 0 Å². The van der Waals surface area contributed by atoms with E-state index in [2.05, 4.69) is 96.3 Å². The van der Waals surface area contributed by atoms with Crippen molar-refractivity contribution in [3.05, 3.63) is 96.7 Å². The lowest BCUT2D eigenvalue weighted by Gasteiger charge is -2.08. The van der Waals surface area contributed by atoms with E-state index >= 15 is 0 Å². The normalized spacial score (nSPS) is 11.8.